The first kappa shape index (κ1) is 17.9. The second kappa shape index (κ2) is 7.03. The second-order valence-electron chi connectivity index (χ2n) is 9.14. The SMILES string of the molecule is Cn1ncc(CN2CCC3(CC2)CC(=O)N(Cc2ccccc2)C3)c1C1CC1. The van der Waals surface area contributed by atoms with Crippen molar-refractivity contribution in [2.24, 2.45) is 12.5 Å². The largest absolute Gasteiger partial charge is 0.338 e. The van der Waals surface area contributed by atoms with Crippen LogP contribution in [0.4, 0.5) is 0 Å². The zero-order chi connectivity index (χ0) is 19.1. The van der Waals surface area contributed by atoms with Gasteiger partial charge in [0.05, 0.1) is 6.20 Å². The molecule has 1 saturated carbocycles. The lowest BCUT2D eigenvalue weighted by molar-refractivity contribution is -0.128. The molecular weight excluding hydrogens is 348 g/mol. The third-order valence-corrected chi connectivity index (χ3v) is 6.96. The first-order valence-corrected chi connectivity index (χ1v) is 10.7. The van der Waals surface area contributed by atoms with Crippen molar-refractivity contribution in [3.63, 3.8) is 0 Å². The van der Waals surface area contributed by atoms with Gasteiger partial charge in [-0.15, -0.1) is 0 Å². The molecule has 3 aliphatic rings. The summed E-state index contributed by atoms with van der Waals surface area (Å²) in [5, 5.41) is 4.51. The topological polar surface area (TPSA) is 41.4 Å². The number of benzene rings is 1. The highest BCUT2D eigenvalue weighted by molar-refractivity contribution is 5.79. The summed E-state index contributed by atoms with van der Waals surface area (Å²) in [6, 6.07) is 10.4. The number of aromatic nitrogens is 2. The van der Waals surface area contributed by atoms with Gasteiger partial charge in [-0.1, -0.05) is 30.3 Å². The number of carbonyl (C=O) groups excluding carboxylic acids is 1. The zero-order valence-corrected chi connectivity index (χ0v) is 16.8. The Morgan fingerprint density at radius 1 is 1.11 bits per heavy atom. The molecule has 0 bridgehead atoms. The first-order valence-electron chi connectivity index (χ1n) is 10.7. The van der Waals surface area contributed by atoms with Gasteiger partial charge >= 0.3 is 0 Å². The van der Waals surface area contributed by atoms with Crippen LogP contribution >= 0.6 is 0 Å². The average Bonchev–Trinajstić information content (AvgIpc) is 3.40. The maximum absolute atomic E-state index is 12.7. The van der Waals surface area contributed by atoms with E-state index in [2.05, 4.69) is 57.1 Å². The Morgan fingerprint density at radius 2 is 1.86 bits per heavy atom. The number of rotatable bonds is 5. The van der Waals surface area contributed by atoms with Crippen molar-refractivity contribution >= 4 is 5.91 Å². The number of carbonyl (C=O) groups is 1. The van der Waals surface area contributed by atoms with E-state index >= 15 is 0 Å². The average molecular weight is 379 g/mol. The highest BCUT2D eigenvalue weighted by atomic mass is 16.2. The van der Waals surface area contributed by atoms with E-state index in [0.717, 1.165) is 57.9 Å². The Labute approximate surface area is 167 Å². The summed E-state index contributed by atoms with van der Waals surface area (Å²) >= 11 is 0. The molecule has 5 rings (SSSR count). The highest BCUT2D eigenvalue weighted by Gasteiger charge is 2.44. The fourth-order valence-electron chi connectivity index (χ4n) is 5.19. The molecule has 1 aromatic carbocycles. The van der Waals surface area contributed by atoms with Crippen LogP contribution in [0.2, 0.25) is 0 Å². The van der Waals surface area contributed by atoms with Gasteiger partial charge < -0.3 is 4.90 Å². The van der Waals surface area contributed by atoms with Crippen molar-refractivity contribution < 1.29 is 4.79 Å². The van der Waals surface area contributed by atoms with Gasteiger partial charge in [0.25, 0.3) is 0 Å². The van der Waals surface area contributed by atoms with Crippen LogP contribution < -0.4 is 0 Å². The molecule has 2 saturated heterocycles. The molecule has 0 atom stereocenters. The van der Waals surface area contributed by atoms with E-state index in [0.29, 0.717) is 5.91 Å². The van der Waals surface area contributed by atoms with Gasteiger partial charge in [-0.2, -0.15) is 5.10 Å². The minimum atomic E-state index is 0.191. The normalized spacial score (nSPS) is 22.3. The molecule has 5 nitrogen and oxygen atoms in total. The van der Waals surface area contributed by atoms with Crippen molar-refractivity contribution in [1.82, 2.24) is 19.6 Å². The van der Waals surface area contributed by atoms with Gasteiger partial charge in [0, 0.05) is 50.3 Å². The summed E-state index contributed by atoms with van der Waals surface area (Å²) in [6.07, 6.45) is 7.68. The van der Waals surface area contributed by atoms with Crippen LogP contribution in [0.5, 0.6) is 0 Å². The van der Waals surface area contributed by atoms with Crippen molar-refractivity contribution in [2.45, 2.75) is 51.1 Å². The molecule has 0 radical (unpaired) electrons. The van der Waals surface area contributed by atoms with Crippen LogP contribution in [0.25, 0.3) is 0 Å². The summed E-state index contributed by atoms with van der Waals surface area (Å²) in [5.74, 6) is 1.07. The fraction of sp³-hybridized carbons (Fsp3) is 0.565. The zero-order valence-electron chi connectivity index (χ0n) is 16.8. The molecule has 148 valence electrons. The molecule has 1 aromatic heterocycles. The molecule has 1 spiro atoms. The minimum Gasteiger partial charge on any atom is -0.338 e. The molecular formula is C23H30N4O. The van der Waals surface area contributed by atoms with Crippen LogP contribution in [0.15, 0.2) is 36.5 Å². The molecule has 5 heteroatoms. The smallest absolute Gasteiger partial charge is 0.223 e. The van der Waals surface area contributed by atoms with Gasteiger partial charge in [-0.25, -0.2) is 0 Å². The van der Waals surface area contributed by atoms with Gasteiger partial charge in [-0.3, -0.25) is 14.4 Å². The van der Waals surface area contributed by atoms with Crippen molar-refractivity contribution in [1.29, 1.82) is 0 Å². The number of amides is 1. The summed E-state index contributed by atoms with van der Waals surface area (Å²) in [6.45, 7) is 4.87. The fourth-order valence-corrected chi connectivity index (χ4v) is 5.19. The van der Waals surface area contributed by atoms with E-state index in [1.165, 1.54) is 29.7 Å². The molecule has 1 amide bonds. The van der Waals surface area contributed by atoms with E-state index in [9.17, 15) is 4.79 Å². The molecule has 3 fully saturated rings. The van der Waals surface area contributed by atoms with E-state index in [1.54, 1.807) is 0 Å². The lowest BCUT2D eigenvalue weighted by Gasteiger charge is -2.38. The van der Waals surface area contributed by atoms with Gasteiger partial charge in [0.15, 0.2) is 0 Å². The third-order valence-electron chi connectivity index (χ3n) is 6.96. The number of hydrogen-bond acceptors (Lipinski definition) is 3. The molecule has 0 unspecified atom stereocenters. The van der Waals surface area contributed by atoms with Gasteiger partial charge in [0.2, 0.25) is 5.91 Å². The third kappa shape index (κ3) is 3.48. The lowest BCUT2D eigenvalue weighted by Crippen LogP contribution is -2.41. The summed E-state index contributed by atoms with van der Waals surface area (Å²) in [4.78, 5) is 17.3. The predicted octanol–water partition coefficient (Wildman–Crippen LogP) is 3.31. The van der Waals surface area contributed by atoms with Crippen molar-refractivity contribution in [2.75, 3.05) is 19.6 Å². The number of likely N-dealkylation sites (tertiary alicyclic amines) is 2. The number of piperidine rings is 1. The number of nitrogens with zero attached hydrogens (tertiary/aromatic N) is 4. The monoisotopic (exact) mass is 378 g/mol. The van der Waals surface area contributed by atoms with Gasteiger partial charge in [-0.05, 0) is 49.8 Å². The standard InChI is InChI=1S/C23H30N4O/c1-25-22(19-7-8-19)20(14-24-25)16-26-11-9-23(10-12-26)13-21(28)27(17-23)15-18-5-3-2-4-6-18/h2-6,14,19H,7-13,15-17H2,1H3. The number of hydrogen-bond donors (Lipinski definition) is 0. The van der Waals surface area contributed by atoms with Crippen molar-refractivity contribution in [3.05, 3.63) is 53.3 Å². The Hall–Kier alpha value is -2.14. The lowest BCUT2D eigenvalue weighted by atomic mass is 9.77. The Balaban J connectivity index is 1.19. The van der Waals surface area contributed by atoms with Crippen LogP contribution in [0.1, 0.15) is 54.8 Å². The number of aryl methyl sites for hydroxylation is 1. The van der Waals surface area contributed by atoms with Crippen molar-refractivity contribution in [3.8, 4) is 0 Å². The van der Waals surface area contributed by atoms with Crippen LogP contribution in [0.3, 0.4) is 0 Å². The summed E-state index contributed by atoms with van der Waals surface area (Å²) < 4.78 is 2.08. The molecule has 2 aliphatic heterocycles. The van der Waals surface area contributed by atoms with Gasteiger partial charge in [0.1, 0.15) is 0 Å². The highest BCUT2D eigenvalue weighted by Crippen LogP contribution is 2.43. The predicted molar refractivity (Wildman–Crippen MR) is 109 cm³/mol. The molecule has 0 N–H and O–H groups in total. The quantitative estimate of drug-likeness (QED) is 0.802. The molecule has 28 heavy (non-hydrogen) atoms. The maximum Gasteiger partial charge on any atom is 0.223 e. The second-order valence-corrected chi connectivity index (χ2v) is 9.14. The van der Waals surface area contributed by atoms with Crippen LogP contribution in [-0.2, 0) is 24.9 Å². The van der Waals surface area contributed by atoms with E-state index in [4.69, 9.17) is 0 Å². The Kier molecular flexibility index (Phi) is 4.50. The van der Waals surface area contributed by atoms with E-state index in [1.807, 2.05) is 6.07 Å². The molecule has 2 aromatic rings. The summed E-state index contributed by atoms with van der Waals surface area (Å²) in [7, 11) is 2.08. The van der Waals surface area contributed by atoms with E-state index < -0.39 is 0 Å². The first-order chi connectivity index (χ1) is 13.6. The Bertz CT molecular complexity index is 847. The van der Waals surface area contributed by atoms with Crippen LogP contribution in [-0.4, -0.2) is 45.1 Å². The molecule has 1 aliphatic carbocycles. The van der Waals surface area contributed by atoms with Crippen LogP contribution in [0, 0.1) is 5.41 Å². The summed E-state index contributed by atoms with van der Waals surface area (Å²) in [5.41, 5.74) is 4.28. The maximum atomic E-state index is 12.7. The molecule has 3 heterocycles. The Morgan fingerprint density at radius 3 is 2.57 bits per heavy atom. The minimum absolute atomic E-state index is 0.191. The van der Waals surface area contributed by atoms with E-state index in [-0.39, 0.29) is 5.41 Å².